The van der Waals surface area contributed by atoms with Gasteiger partial charge in [-0.2, -0.15) is 0 Å². The predicted molar refractivity (Wildman–Crippen MR) is 104 cm³/mol. The van der Waals surface area contributed by atoms with Crippen molar-refractivity contribution in [1.29, 1.82) is 0 Å². The lowest BCUT2D eigenvalue weighted by Crippen LogP contribution is -1.95. The maximum absolute atomic E-state index is 5.83. The molecule has 5 heteroatoms. The fourth-order valence-corrected chi connectivity index (χ4v) is 3.05. The van der Waals surface area contributed by atoms with Crippen molar-refractivity contribution in [3.05, 3.63) is 82.1 Å². The quantitative estimate of drug-likeness (QED) is 0.571. The first-order valence-corrected chi connectivity index (χ1v) is 8.96. The van der Waals surface area contributed by atoms with E-state index in [0.717, 1.165) is 38.4 Å². The summed E-state index contributed by atoms with van der Waals surface area (Å²) in [6, 6.07) is 15.9. The molecule has 0 N–H and O–H groups in total. The van der Waals surface area contributed by atoms with Crippen molar-refractivity contribution in [3.63, 3.8) is 0 Å². The highest BCUT2D eigenvalue weighted by atomic mass is 79.9. The third kappa shape index (κ3) is 3.89. The van der Waals surface area contributed by atoms with E-state index in [1.165, 1.54) is 0 Å². The van der Waals surface area contributed by atoms with E-state index in [0.29, 0.717) is 6.61 Å². The van der Waals surface area contributed by atoms with Crippen LogP contribution in [0.3, 0.4) is 0 Å². The minimum absolute atomic E-state index is 0.264. The Morgan fingerprint density at radius 2 is 1.81 bits per heavy atom. The fourth-order valence-electron chi connectivity index (χ4n) is 2.59. The number of pyridine rings is 1. The number of fused-ring (bicyclic) bond motifs is 1. The van der Waals surface area contributed by atoms with Crippen molar-refractivity contribution in [1.82, 2.24) is 4.98 Å². The van der Waals surface area contributed by atoms with E-state index in [1.807, 2.05) is 60.7 Å². The van der Waals surface area contributed by atoms with Crippen LogP contribution >= 0.6 is 15.9 Å². The molecule has 0 bridgehead atoms. The summed E-state index contributed by atoms with van der Waals surface area (Å²) in [4.78, 5) is 4.26. The molecule has 1 aromatic heterocycles. The van der Waals surface area contributed by atoms with Gasteiger partial charge in [-0.1, -0.05) is 58.4 Å². The monoisotopic (exact) mass is 409 g/mol. The Hall–Kier alpha value is -2.79. The average molecular weight is 410 g/mol. The molecule has 1 aliphatic heterocycles. The zero-order valence-corrected chi connectivity index (χ0v) is 15.5. The summed E-state index contributed by atoms with van der Waals surface area (Å²) in [5.41, 5.74) is 3.09. The van der Waals surface area contributed by atoms with Crippen LogP contribution in [0.25, 0.3) is 12.2 Å². The minimum Gasteiger partial charge on any atom is -0.487 e. The molecule has 0 aliphatic carbocycles. The molecule has 0 atom stereocenters. The van der Waals surface area contributed by atoms with E-state index in [1.54, 1.807) is 12.4 Å². The SMILES string of the molecule is Brc1cc2c(cc1/C=C/c1cncc(OCc3ccccc3)c1)OCO2. The molecule has 0 amide bonds. The van der Waals surface area contributed by atoms with Gasteiger partial charge in [0.15, 0.2) is 11.5 Å². The van der Waals surface area contributed by atoms with E-state index in [-0.39, 0.29) is 6.79 Å². The van der Waals surface area contributed by atoms with Crippen LogP contribution in [-0.2, 0) is 6.61 Å². The number of benzene rings is 2. The number of aromatic nitrogens is 1. The number of nitrogens with zero attached hydrogens (tertiary/aromatic N) is 1. The first-order chi connectivity index (χ1) is 12.8. The summed E-state index contributed by atoms with van der Waals surface area (Å²) in [7, 11) is 0. The number of hydrogen-bond acceptors (Lipinski definition) is 4. The smallest absolute Gasteiger partial charge is 0.231 e. The summed E-state index contributed by atoms with van der Waals surface area (Å²) in [6.07, 6.45) is 7.51. The van der Waals surface area contributed by atoms with Crippen LogP contribution in [0.4, 0.5) is 0 Å². The van der Waals surface area contributed by atoms with Gasteiger partial charge in [0, 0.05) is 10.7 Å². The largest absolute Gasteiger partial charge is 0.487 e. The zero-order chi connectivity index (χ0) is 17.8. The van der Waals surface area contributed by atoms with Crippen molar-refractivity contribution in [2.24, 2.45) is 0 Å². The van der Waals surface area contributed by atoms with Crippen LogP contribution in [0.15, 0.2) is 65.4 Å². The topological polar surface area (TPSA) is 40.6 Å². The molecule has 26 heavy (non-hydrogen) atoms. The third-order valence-corrected chi connectivity index (χ3v) is 4.62. The Balaban J connectivity index is 1.48. The van der Waals surface area contributed by atoms with Crippen LogP contribution in [0.1, 0.15) is 16.7 Å². The lowest BCUT2D eigenvalue weighted by atomic mass is 10.1. The molecule has 3 aromatic rings. The zero-order valence-electron chi connectivity index (χ0n) is 13.9. The number of halogens is 1. The summed E-state index contributed by atoms with van der Waals surface area (Å²) in [5, 5.41) is 0. The van der Waals surface area contributed by atoms with E-state index < -0.39 is 0 Å². The molecule has 1 aliphatic rings. The van der Waals surface area contributed by atoms with Crippen molar-refractivity contribution >= 4 is 28.1 Å². The summed E-state index contributed by atoms with van der Waals surface area (Å²) >= 11 is 3.56. The van der Waals surface area contributed by atoms with Gasteiger partial charge in [0.05, 0.1) is 6.20 Å². The molecule has 0 fully saturated rings. The van der Waals surface area contributed by atoms with E-state index >= 15 is 0 Å². The van der Waals surface area contributed by atoms with Crippen molar-refractivity contribution < 1.29 is 14.2 Å². The molecule has 0 radical (unpaired) electrons. The van der Waals surface area contributed by atoms with Gasteiger partial charge in [0.1, 0.15) is 12.4 Å². The van der Waals surface area contributed by atoms with Crippen LogP contribution in [0, 0.1) is 0 Å². The second-order valence-corrected chi connectivity index (χ2v) is 6.64. The highest BCUT2D eigenvalue weighted by Gasteiger charge is 2.15. The summed E-state index contributed by atoms with van der Waals surface area (Å²) in [6.45, 7) is 0.781. The van der Waals surface area contributed by atoms with Gasteiger partial charge in [-0.05, 0) is 34.9 Å². The fraction of sp³-hybridized carbons (Fsp3) is 0.0952. The number of rotatable bonds is 5. The number of hydrogen-bond donors (Lipinski definition) is 0. The lowest BCUT2D eigenvalue weighted by Gasteiger charge is -2.06. The van der Waals surface area contributed by atoms with E-state index in [4.69, 9.17) is 14.2 Å². The molecule has 0 saturated heterocycles. The Labute approximate surface area is 160 Å². The molecule has 0 unspecified atom stereocenters. The molecule has 0 saturated carbocycles. The van der Waals surface area contributed by atoms with Crippen LogP contribution < -0.4 is 14.2 Å². The Kier molecular flexibility index (Phi) is 4.88. The molecular weight excluding hydrogens is 394 g/mol. The van der Waals surface area contributed by atoms with Crippen LogP contribution in [-0.4, -0.2) is 11.8 Å². The van der Waals surface area contributed by atoms with Gasteiger partial charge < -0.3 is 14.2 Å². The van der Waals surface area contributed by atoms with Crippen LogP contribution in [0.2, 0.25) is 0 Å². The van der Waals surface area contributed by atoms with Gasteiger partial charge in [-0.15, -0.1) is 0 Å². The molecule has 2 heterocycles. The van der Waals surface area contributed by atoms with Crippen molar-refractivity contribution in [2.75, 3.05) is 6.79 Å². The van der Waals surface area contributed by atoms with Gasteiger partial charge >= 0.3 is 0 Å². The van der Waals surface area contributed by atoms with Gasteiger partial charge in [0.2, 0.25) is 6.79 Å². The molecular formula is C21H16BrNO3. The minimum atomic E-state index is 0.264. The van der Waals surface area contributed by atoms with Gasteiger partial charge in [0.25, 0.3) is 0 Å². The highest BCUT2D eigenvalue weighted by Crippen LogP contribution is 2.37. The first kappa shape index (κ1) is 16.7. The molecule has 4 rings (SSSR count). The second-order valence-electron chi connectivity index (χ2n) is 5.79. The molecule has 130 valence electrons. The average Bonchev–Trinajstić information content (AvgIpc) is 3.13. The van der Waals surface area contributed by atoms with E-state index in [2.05, 4.69) is 20.9 Å². The standard InChI is InChI=1S/C21H16BrNO3/c22-19-10-21-20(25-14-26-21)9-17(19)7-6-16-8-18(12-23-11-16)24-13-15-4-2-1-3-5-15/h1-12H,13-14H2/b7-6+. The first-order valence-electron chi connectivity index (χ1n) is 8.17. The van der Waals surface area contributed by atoms with Crippen molar-refractivity contribution in [3.8, 4) is 17.2 Å². The Morgan fingerprint density at radius 3 is 2.65 bits per heavy atom. The molecule has 4 nitrogen and oxygen atoms in total. The maximum Gasteiger partial charge on any atom is 0.231 e. The van der Waals surface area contributed by atoms with E-state index in [9.17, 15) is 0 Å². The number of ether oxygens (including phenoxy) is 3. The highest BCUT2D eigenvalue weighted by molar-refractivity contribution is 9.10. The van der Waals surface area contributed by atoms with Gasteiger partial charge in [-0.25, -0.2) is 0 Å². The lowest BCUT2D eigenvalue weighted by molar-refractivity contribution is 0.174. The molecule has 2 aromatic carbocycles. The molecule has 0 spiro atoms. The van der Waals surface area contributed by atoms with Crippen molar-refractivity contribution in [2.45, 2.75) is 6.61 Å². The second kappa shape index (κ2) is 7.62. The Morgan fingerprint density at radius 1 is 1.00 bits per heavy atom. The third-order valence-electron chi connectivity index (χ3n) is 3.93. The predicted octanol–water partition coefficient (Wildman–Crippen LogP) is 5.32. The van der Waals surface area contributed by atoms with Crippen LogP contribution in [0.5, 0.6) is 17.2 Å². The summed E-state index contributed by atoms with van der Waals surface area (Å²) < 4.78 is 17.6. The Bertz CT molecular complexity index is 941. The maximum atomic E-state index is 5.83. The van der Waals surface area contributed by atoms with Gasteiger partial charge in [-0.3, -0.25) is 4.98 Å². The summed E-state index contributed by atoms with van der Waals surface area (Å²) in [5.74, 6) is 2.25. The normalized spacial score (nSPS) is 12.5.